The third-order valence-electron chi connectivity index (χ3n) is 4.37. The molecule has 2 heteroatoms. The number of aliphatic hydroxyl groups excluding tert-OH is 1. The second-order valence-corrected chi connectivity index (χ2v) is 4.93. The smallest absolute Gasteiger partial charge is 0.0701 e. The van der Waals surface area contributed by atoms with Gasteiger partial charge in [-0.3, -0.25) is 0 Å². The van der Waals surface area contributed by atoms with Gasteiger partial charge in [0.25, 0.3) is 0 Å². The summed E-state index contributed by atoms with van der Waals surface area (Å²) in [5, 5.41) is 8.75. The largest absolute Gasteiger partial charge is 0.394 e. The van der Waals surface area contributed by atoms with Crippen LogP contribution >= 0.6 is 0 Å². The minimum atomic E-state index is 0.167. The monoisotopic (exact) mass is 194 g/mol. The summed E-state index contributed by atoms with van der Waals surface area (Å²) in [6.45, 7) is 0.693. The topological polar surface area (TPSA) is 29.5 Å². The zero-order valence-electron chi connectivity index (χ0n) is 8.43. The van der Waals surface area contributed by atoms with E-state index < -0.39 is 0 Å². The highest BCUT2D eigenvalue weighted by molar-refractivity contribution is 5.14. The maximum absolute atomic E-state index is 8.75. The first kappa shape index (κ1) is 8.93. The van der Waals surface area contributed by atoms with Crippen molar-refractivity contribution in [2.24, 2.45) is 23.7 Å². The predicted octanol–water partition coefficient (Wildman–Crippen LogP) is 1.60. The summed E-state index contributed by atoms with van der Waals surface area (Å²) < 4.78 is 5.72. The van der Waals surface area contributed by atoms with Crippen LogP contribution in [0.1, 0.15) is 19.3 Å². The molecule has 0 aromatic carbocycles. The average molecular weight is 194 g/mol. The van der Waals surface area contributed by atoms with E-state index in [0.29, 0.717) is 12.7 Å². The van der Waals surface area contributed by atoms with Crippen molar-refractivity contribution in [2.75, 3.05) is 13.2 Å². The number of hydrogen-bond acceptors (Lipinski definition) is 2. The molecular formula is C12H18O2. The number of ether oxygens (including phenoxy) is 1. The van der Waals surface area contributed by atoms with Crippen molar-refractivity contribution in [2.45, 2.75) is 25.4 Å². The molecule has 2 saturated carbocycles. The van der Waals surface area contributed by atoms with Gasteiger partial charge in [0, 0.05) is 0 Å². The molecule has 2 bridgehead atoms. The zero-order valence-corrected chi connectivity index (χ0v) is 8.43. The lowest BCUT2D eigenvalue weighted by Crippen LogP contribution is -2.31. The Kier molecular flexibility index (Phi) is 2.14. The van der Waals surface area contributed by atoms with Crippen molar-refractivity contribution in [1.29, 1.82) is 0 Å². The van der Waals surface area contributed by atoms with Crippen LogP contribution in [0.4, 0.5) is 0 Å². The van der Waals surface area contributed by atoms with E-state index in [1.807, 2.05) is 0 Å². The summed E-state index contributed by atoms with van der Waals surface area (Å²) in [6, 6.07) is 0. The normalized spacial score (nSPS) is 48.8. The SMILES string of the molecule is OCCO[C@H]1C[C@@H]2C[C@H]1[C@H]1CC=C[C@H]21. The summed E-state index contributed by atoms with van der Waals surface area (Å²) >= 11 is 0. The molecule has 0 amide bonds. The molecule has 1 N–H and O–H groups in total. The van der Waals surface area contributed by atoms with Gasteiger partial charge in [-0.05, 0) is 42.9 Å². The summed E-state index contributed by atoms with van der Waals surface area (Å²) in [4.78, 5) is 0. The molecule has 0 aliphatic heterocycles. The molecule has 5 atom stereocenters. The van der Waals surface area contributed by atoms with Crippen molar-refractivity contribution in [3.05, 3.63) is 12.2 Å². The summed E-state index contributed by atoms with van der Waals surface area (Å²) in [6.07, 6.45) is 9.10. The van der Waals surface area contributed by atoms with Gasteiger partial charge in [0.05, 0.1) is 19.3 Å². The van der Waals surface area contributed by atoms with Crippen molar-refractivity contribution < 1.29 is 9.84 Å². The molecule has 14 heavy (non-hydrogen) atoms. The van der Waals surface area contributed by atoms with Gasteiger partial charge >= 0.3 is 0 Å². The minimum absolute atomic E-state index is 0.167. The Balaban J connectivity index is 1.67. The molecule has 0 heterocycles. The standard InChI is InChI=1S/C12H18O2/c13-4-5-14-12-7-8-6-11(12)10-3-1-2-9(8)10/h1-2,8-13H,3-7H2/t8-,9+,10-,11-,12-/m0/s1. The van der Waals surface area contributed by atoms with E-state index in [-0.39, 0.29) is 6.61 Å². The highest BCUT2D eigenvalue weighted by Gasteiger charge is 2.52. The quantitative estimate of drug-likeness (QED) is 0.691. The highest BCUT2D eigenvalue weighted by Crippen LogP contribution is 2.57. The van der Waals surface area contributed by atoms with Gasteiger partial charge in [-0.1, -0.05) is 12.2 Å². The number of aliphatic hydroxyl groups is 1. The first-order valence-electron chi connectivity index (χ1n) is 5.79. The average Bonchev–Trinajstić information content (AvgIpc) is 2.85. The Morgan fingerprint density at radius 1 is 1.29 bits per heavy atom. The predicted molar refractivity (Wildman–Crippen MR) is 53.8 cm³/mol. The van der Waals surface area contributed by atoms with E-state index >= 15 is 0 Å². The van der Waals surface area contributed by atoms with Crippen molar-refractivity contribution >= 4 is 0 Å². The molecule has 0 unspecified atom stereocenters. The number of hydrogen-bond donors (Lipinski definition) is 1. The van der Waals surface area contributed by atoms with Crippen molar-refractivity contribution in [3.63, 3.8) is 0 Å². The highest BCUT2D eigenvalue weighted by atomic mass is 16.5. The van der Waals surface area contributed by atoms with E-state index in [1.54, 1.807) is 0 Å². The first-order chi connectivity index (χ1) is 6.90. The lowest BCUT2D eigenvalue weighted by atomic mass is 9.80. The Morgan fingerprint density at radius 2 is 2.21 bits per heavy atom. The summed E-state index contributed by atoms with van der Waals surface area (Å²) in [7, 11) is 0. The van der Waals surface area contributed by atoms with E-state index in [2.05, 4.69) is 12.2 Å². The van der Waals surface area contributed by atoms with Gasteiger partial charge in [-0.15, -0.1) is 0 Å². The van der Waals surface area contributed by atoms with Crippen LogP contribution in [0.15, 0.2) is 12.2 Å². The molecule has 0 aromatic rings. The third kappa shape index (κ3) is 1.17. The Hall–Kier alpha value is -0.340. The molecule has 78 valence electrons. The van der Waals surface area contributed by atoms with Gasteiger partial charge in [0.2, 0.25) is 0 Å². The molecular weight excluding hydrogens is 176 g/mol. The van der Waals surface area contributed by atoms with E-state index in [4.69, 9.17) is 9.84 Å². The molecule has 2 fully saturated rings. The molecule has 0 radical (unpaired) electrons. The van der Waals surface area contributed by atoms with Gasteiger partial charge in [0.15, 0.2) is 0 Å². The van der Waals surface area contributed by atoms with E-state index in [0.717, 1.165) is 23.7 Å². The van der Waals surface area contributed by atoms with Crippen LogP contribution in [0, 0.1) is 23.7 Å². The van der Waals surface area contributed by atoms with Crippen LogP contribution in [0.3, 0.4) is 0 Å². The Morgan fingerprint density at radius 3 is 3.07 bits per heavy atom. The van der Waals surface area contributed by atoms with Crippen LogP contribution < -0.4 is 0 Å². The molecule has 2 nitrogen and oxygen atoms in total. The van der Waals surface area contributed by atoms with Crippen molar-refractivity contribution in [3.8, 4) is 0 Å². The van der Waals surface area contributed by atoms with Crippen LogP contribution in [0.25, 0.3) is 0 Å². The van der Waals surface area contributed by atoms with Crippen LogP contribution in [-0.2, 0) is 4.74 Å². The Labute approximate surface area is 85.0 Å². The fourth-order valence-electron chi connectivity index (χ4n) is 3.89. The van der Waals surface area contributed by atoms with Gasteiger partial charge < -0.3 is 9.84 Å². The second-order valence-electron chi connectivity index (χ2n) is 4.93. The molecule has 0 spiro atoms. The minimum Gasteiger partial charge on any atom is -0.394 e. The summed E-state index contributed by atoms with van der Waals surface area (Å²) in [5.41, 5.74) is 0. The third-order valence-corrected chi connectivity index (χ3v) is 4.37. The molecule has 3 rings (SSSR count). The summed E-state index contributed by atoms with van der Waals surface area (Å²) in [5.74, 6) is 3.41. The maximum atomic E-state index is 8.75. The lowest BCUT2D eigenvalue weighted by Gasteiger charge is -2.31. The van der Waals surface area contributed by atoms with Crippen LogP contribution in [-0.4, -0.2) is 24.4 Å². The van der Waals surface area contributed by atoms with Crippen LogP contribution in [0.5, 0.6) is 0 Å². The second kappa shape index (κ2) is 3.35. The lowest BCUT2D eigenvalue weighted by molar-refractivity contribution is -0.0215. The fraction of sp³-hybridized carbons (Fsp3) is 0.833. The first-order valence-corrected chi connectivity index (χ1v) is 5.79. The molecule has 0 aromatic heterocycles. The van der Waals surface area contributed by atoms with Crippen LogP contribution in [0.2, 0.25) is 0 Å². The van der Waals surface area contributed by atoms with Gasteiger partial charge in [-0.2, -0.15) is 0 Å². The van der Waals surface area contributed by atoms with Gasteiger partial charge in [-0.25, -0.2) is 0 Å². The number of rotatable bonds is 3. The molecule has 0 saturated heterocycles. The van der Waals surface area contributed by atoms with E-state index in [9.17, 15) is 0 Å². The number of allylic oxidation sites excluding steroid dienone is 2. The Bertz CT molecular complexity index is 249. The molecule has 3 aliphatic rings. The molecule has 3 aliphatic carbocycles. The van der Waals surface area contributed by atoms with Crippen molar-refractivity contribution in [1.82, 2.24) is 0 Å². The maximum Gasteiger partial charge on any atom is 0.0701 e. The number of fused-ring (bicyclic) bond motifs is 5. The fourth-order valence-corrected chi connectivity index (χ4v) is 3.89. The zero-order chi connectivity index (χ0) is 9.54. The van der Waals surface area contributed by atoms with Gasteiger partial charge in [0.1, 0.15) is 0 Å². The van der Waals surface area contributed by atoms with E-state index in [1.165, 1.54) is 19.3 Å².